The van der Waals surface area contributed by atoms with Gasteiger partial charge in [0.05, 0.1) is 17.4 Å². The van der Waals surface area contributed by atoms with E-state index in [4.69, 9.17) is 5.73 Å². The fourth-order valence-corrected chi connectivity index (χ4v) is 3.02. The van der Waals surface area contributed by atoms with Gasteiger partial charge in [-0.25, -0.2) is 4.98 Å². The normalized spacial score (nSPS) is 11.1. The molecule has 3 heterocycles. The second-order valence-electron chi connectivity index (χ2n) is 6.03. The van der Waals surface area contributed by atoms with E-state index in [-0.39, 0.29) is 5.91 Å². The molecule has 1 aromatic carbocycles. The topological polar surface area (TPSA) is 91.6 Å². The van der Waals surface area contributed by atoms with Crippen LogP contribution in [-0.2, 0) is 11.3 Å². The highest BCUT2D eigenvalue weighted by molar-refractivity contribution is 5.93. The molecule has 0 saturated heterocycles. The van der Waals surface area contributed by atoms with Gasteiger partial charge in [-0.3, -0.25) is 19.0 Å². The fraction of sp³-hybridized carbons (Fsp3) is 0.158. The molecule has 0 saturated carbocycles. The Morgan fingerprint density at radius 1 is 1.12 bits per heavy atom. The van der Waals surface area contributed by atoms with Gasteiger partial charge < -0.3 is 5.73 Å². The van der Waals surface area contributed by atoms with Crippen LogP contribution in [0.2, 0.25) is 0 Å². The number of nitrogens with zero attached hydrogens (tertiary/aromatic N) is 5. The first-order valence-corrected chi connectivity index (χ1v) is 8.41. The lowest BCUT2D eigenvalue weighted by Gasteiger charge is -2.08. The number of pyridine rings is 1. The molecule has 0 aliphatic heterocycles. The SMILES string of the molecule is NC(=O)CCCn1cc(-n2ccnc2-c2cccc3ncccc23)cn1. The Hall–Kier alpha value is -3.48. The minimum atomic E-state index is -0.293. The van der Waals surface area contributed by atoms with Crippen molar-refractivity contribution in [3.63, 3.8) is 0 Å². The predicted molar refractivity (Wildman–Crippen MR) is 98.5 cm³/mol. The average Bonchev–Trinajstić information content (AvgIpc) is 3.30. The van der Waals surface area contributed by atoms with E-state index in [1.807, 2.05) is 52.0 Å². The number of rotatable bonds is 6. The van der Waals surface area contributed by atoms with Gasteiger partial charge in [0.15, 0.2) is 0 Å². The van der Waals surface area contributed by atoms with Crippen LogP contribution in [0.15, 0.2) is 61.3 Å². The Morgan fingerprint density at radius 3 is 2.92 bits per heavy atom. The zero-order chi connectivity index (χ0) is 17.9. The van der Waals surface area contributed by atoms with Crippen LogP contribution in [0.5, 0.6) is 0 Å². The number of benzene rings is 1. The molecule has 0 atom stereocenters. The van der Waals surface area contributed by atoms with Gasteiger partial charge in [-0.1, -0.05) is 18.2 Å². The van der Waals surface area contributed by atoms with Gasteiger partial charge in [0, 0.05) is 48.7 Å². The number of fused-ring (bicyclic) bond motifs is 1. The van der Waals surface area contributed by atoms with Gasteiger partial charge >= 0.3 is 0 Å². The van der Waals surface area contributed by atoms with Gasteiger partial charge in [0.25, 0.3) is 0 Å². The molecule has 3 aromatic heterocycles. The van der Waals surface area contributed by atoms with Crippen molar-refractivity contribution in [1.82, 2.24) is 24.3 Å². The van der Waals surface area contributed by atoms with Crippen molar-refractivity contribution in [3.05, 3.63) is 61.3 Å². The van der Waals surface area contributed by atoms with Crippen LogP contribution < -0.4 is 5.73 Å². The highest BCUT2D eigenvalue weighted by Gasteiger charge is 2.12. The van der Waals surface area contributed by atoms with E-state index < -0.39 is 0 Å². The number of carbonyl (C=O) groups excluding carboxylic acids is 1. The van der Waals surface area contributed by atoms with E-state index in [1.165, 1.54) is 0 Å². The van der Waals surface area contributed by atoms with Gasteiger partial charge in [0.2, 0.25) is 5.91 Å². The molecular weight excluding hydrogens is 328 g/mol. The summed E-state index contributed by atoms with van der Waals surface area (Å²) in [4.78, 5) is 19.8. The first-order chi connectivity index (χ1) is 12.7. The first kappa shape index (κ1) is 16.0. The summed E-state index contributed by atoms with van der Waals surface area (Å²) in [6.45, 7) is 0.644. The van der Waals surface area contributed by atoms with Crippen molar-refractivity contribution in [2.75, 3.05) is 0 Å². The highest BCUT2D eigenvalue weighted by Crippen LogP contribution is 2.28. The van der Waals surface area contributed by atoms with Crippen molar-refractivity contribution in [2.45, 2.75) is 19.4 Å². The largest absolute Gasteiger partial charge is 0.370 e. The fourth-order valence-electron chi connectivity index (χ4n) is 3.02. The molecule has 7 nitrogen and oxygen atoms in total. The Kier molecular flexibility index (Phi) is 4.18. The van der Waals surface area contributed by atoms with Crippen molar-refractivity contribution < 1.29 is 4.79 Å². The molecule has 4 aromatic rings. The molecule has 130 valence electrons. The summed E-state index contributed by atoms with van der Waals surface area (Å²) in [7, 11) is 0. The number of amides is 1. The summed E-state index contributed by atoms with van der Waals surface area (Å²) in [5.74, 6) is 0.541. The molecule has 0 aliphatic carbocycles. The number of aromatic nitrogens is 5. The molecule has 2 N–H and O–H groups in total. The van der Waals surface area contributed by atoms with Crippen LogP contribution in [0.25, 0.3) is 28.0 Å². The van der Waals surface area contributed by atoms with E-state index in [0.717, 1.165) is 28.0 Å². The second kappa shape index (κ2) is 6.79. The van der Waals surface area contributed by atoms with Crippen molar-refractivity contribution in [3.8, 4) is 17.1 Å². The molecule has 0 radical (unpaired) electrons. The third-order valence-electron chi connectivity index (χ3n) is 4.24. The number of nitrogens with two attached hydrogens (primary N) is 1. The van der Waals surface area contributed by atoms with Crippen LogP contribution in [0.4, 0.5) is 0 Å². The molecule has 4 rings (SSSR count). The van der Waals surface area contributed by atoms with E-state index >= 15 is 0 Å². The summed E-state index contributed by atoms with van der Waals surface area (Å²) in [5, 5.41) is 5.42. The number of primary amides is 1. The van der Waals surface area contributed by atoms with Gasteiger partial charge in [-0.05, 0) is 18.6 Å². The maximum absolute atomic E-state index is 10.9. The van der Waals surface area contributed by atoms with Crippen LogP contribution in [-0.4, -0.2) is 30.2 Å². The molecule has 0 bridgehead atoms. The molecule has 26 heavy (non-hydrogen) atoms. The van der Waals surface area contributed by atoms with Crippen LogP contribution in [0.3, 0.4) is 0 Å². The third-order valence-corrected chi connectivity index (χ3v) is 4.24. The minimum absolute atomic E-state index is 0.293. The number of carbonyl (C=O) groups is 1. The zero-order valence-corrected chi connectivity index (χ0v) is 14.1. The number of aryl methyl sites for hydroxylation is 1. The van der Waals surface area contributed by atoms with E-state index in [1.54, 1.807) is 18.6 Å². The quantitative estimate of drug-likeness (QED) is 0.581. The molecule has 0 unspecified atom stereocenters. The lowest BCUT2D eigenvalue weighted by atomic mass is 10.1. The third kappa shape index (κ3) is 3.06. The van der Waals surface area contributed by atoms with Crippen molar-refractivity contribution in [1.29, 1.82) is 0 Å². The van der Waals surface area contributed by atoms with Crippen LogP contribution >= 0.6 is 0 Å². The van der Waals surface area contributed by atoms with Crippen molar-refractivity contribution in [2.24, 2.45) is 5.73 Å². The molecule has 1 amide bonds. The summed E-state index contributed by atoms with van der Waals surface area (Å²) in [6.07, 6.45) is 10.2. The molecular formula is C19H18N6O. The summed E-state index contributed by atoms with van der Waals surface area (Å²) in [5.41, 5.74) is 8.04. The van der Waals surface area contributed by atoms with Gasteiger partial charge in [-0.15, -0.1) is 0 Å². The Morgan fingerprint density at radius 2 is 2.04 bits per heavy atom. The first-order valence-electron chi connectivity index (χ1n) is 8.41. The summed E-state index contributed by atoms with van der Waals surface area (Å²) in [6, 6.07) is 9.99. The van der Waals surface area contributed by atoms with Crippen molar-refractivity contribution >= 4 is 16.8 Å². The Labute approximate surface area is 150 Å². The Balaban J connectivity index is 1.67. The van der Waals surface area contributed by atoms with Gasteiger partial charge in [0.1, 0.15) is 5.82 Å². The zero-order valence-electron chi connectivity index (χ0n) is 14.1. The molecule has 0 aliphatic rings. The minimum Gasteiger partial charge on any atom is -0.370 e. The summed E-state index contributed by atoms with van der Waals surface area (Å²) >= 11 is 0. The highest BCUT2D eigenvalue weighted by atomic mass is 16.1. The van der Waals surface area contributed by atoms with Crippen LogP contribution in [0, 0.1) is 0 Å². The number of imidazole rings is 1. The molecule has 0 spiro atoms. The van der Waals surface area contributed by atoms with E-state index in [9.17, 15) is 4.79 Å². The van der Waals surface area contributed by atoms with E-state index in [0.29, 0.717) is 19.4 Å². The lowest BCUT2D eigenvalue weighted by molar-refractivity contribution is -0.118. The molecule has 7 heteroatoms. The maximum atomic E-state index is 10.9. The second-order valence-corrected chi connectivity index (χ2v) is 6.03. The van der Waals surface area contributed by atoms with Gasteiger partial charge in [-0.2, -0.15) is 5.10 Å². The summed E-state index contributed by atoms with van der Waals surface area (Å²) < 4.78 is 3.81. The maximum Gasteiger partial charge on any atom is 0.217 e. The number of hydrogen-bond acceptors (Lipinski definition) is 4. The molecule has 0 fully saturated rings. The van der Waals surface area contributed by atoms with Crippen LogP contribution in [0.1, 0.15) is 12.8 Å². The van der Waals surface area contributed by atoms with E-state index in [2.05, 4.69) is 15.1 Å². The lowest BCUT2D eigenvalue weighted by Crippen LogP contribution is -2.11. The Bertz CT molecular complexity index is 1060. The average molecular weight is 346 g/mol. The standard InChI is InChI=1S/C19H18N6O/c20-18(26)7-3-10-24-13-14(12-23-24)25-11-9-22-19(25)16-4-1-6-17-15(16)5-2-8-21-17/h1-2,4-6,8-9,11-13H,3,7,10H2,(H2,20,26). The number of hydrogen-bond donors (Lipinski definition) is 1. The monoisotopic (exact) mass is 346 g/mol. The predicted octanol–water partition coefficient (Wildman–Crippen LogP) is 2.55. The smallest absolute Gasteiger partial charge is 0.217 e.